The van der Waals surface area contributed by atoms with Crippen LogP contribution in [0.4, 0.5) is 0 Å². The molecule has 1 aromatic rings. The van der Waals surface area contributed by atoms with Gasteiger partial charge in [-0.1, -0.05) is 57.0 Å². The second kappa shape index (κ2) is 8.86. The topological polar surface area (TPSA) is 55.4 Å². The first-order valence-corrected chi connectivity index (χ1v) is 9.01. The molecule has 0 heterocycles. The van der Waals surface area contributed by atoms with Crippen LogP contribution in [0.1, 0.15) is 52.0 Å². The van der Waals surface area contributed by atoms with Crippen molar-refractivity contribution in [2.75, 3.05) is 0 Å². The lowest BCUT2D eigenvalue weighted by Crippen LogP contribution is -2.47. The highest BCUT2D eigenvalue weighted by Gasteiger charge is 2.30. The molecule has 24 heavy (non-hydrogen) atoms. The number of hydrogen-bond donors (Lipinski definition) is 1. The fourth-order valence-electron chi connectivity index (χ4n) is 3.29. The van der Waals surface area contributed by atoms with E-state index in [0.717, 1.165) is 18.4 Å². The van der Waals surface area contributed by atoms with Gasteiger partial charge in [-0.3, -0.25) is 9.59 Å². The van der Waals surface area contributed by atoms with Gasteiger partial charge in [-0.2, -0.15) is 0 Å². The maximum atomic E-state index is 12.3. The average molecular weight is 331 g/mol. The lowest BCUT2D eigenvalue weighted by molar-refractivity contribution is -0.155. The predicted octanol–water partition coefficient (Wildman–Crippen LogP) is 3.49. The van der Waals surface area contributed by atoms with Crippen LogP contribution >= 0.6 is 0 Å². The van der Waals surface area contributed by atoms with E-state index < -0.39 is 6.10 Å². The van der Waals surface area contributed by atoms with Gasteiger partial charge in [0.1, 0.15) is 0 Å². The molecule has 0 spiro atoms. The number of aryl methyl sites for hydroxylation is 1. The second-order valence-electron chi connectivity index (χ2n) is 7.00. The number of carbonyl (C=O) groups excluding carboxylic acids is 2. The van der Waals surface area contributed by atoms with Gasteiger partial charge in [0.2, 0.25) is 0 Å². The normalized spacial score (nSPS) is 24.9. The first-order chi connectivity index (χ1) is 11.5. The number of amides is 1. The third-order valence-electron chi connectivity index (χ3n) is 5.17. The molecule has 4 nitrogen and oxygen atoms in total. The minimum absolute atomic E-state index is 0.186. The smallest absolute Gasteiger partial charge is 0.306 e. The molecule has 132 valence electrons. The summed E-state index contributed by atoms with van der Waals surface area (Å²) in [5, 5.41) is 3.06. The summed E-state index contributed by atoms with van der Waals surface area (Å²) < 4.78 is 5.29. The summed E-state index contributed by atoms with van der Waals surface area (Å²) in [5.74, 6) is 0.567. The number of rotatable bonds is 6. The van der Waals surface area contributed by atoms with E-state index in [1.807, 2.05) is 30.3 Å². The Balaban J connectivity index is 1.75. The molecule has 1 amide bonds. The molecule has 2 rings (SSSR count). The Morgan fingerprint density at radius 3 is 2.62 bits per heavy atom. The van der Waals surface area contributed by atoms with Crippen LogP contribution in [-0.2, 0) is 20.7 Å². The molecule has 0 aromatic heterocycles. The molecule has 4 heteroatoms. The molecule has 0 saturated heterocycles. The molecular weight excluding hydrogens is 302 g/mol. The number of benzene rings is 1. The van der Waals surface area contributed by atoms with Crippen molar-refractivity contribution >= 4 is 11.9 Å². The molecule has 1 aliphatic carbocycles. The van der Waals surface area contributed by atoms with Crippen LogP contribution in [0, 0.1) is 11.8 Å². The van der Waals surface area contributed by atoms with Gasteiger partial charge in [-0.05, 0) is 37.2 Å². The van der Waals surface area contributed by atoms with Gasteiger partial charge >= 0.3 is 5.97 Å². The monoisotopic (exact) mass is 331 g/mol. The first-order valence-electron chi connectivity index (χ1n) is 9.01. The quantitative estimate of drug-likeness (QED) is 0.812. The van der Waals surface area contributed by atoms with E-state index in [1.54, 1.807) is 6.92 Å². The van der Waals surface area contributed by atoms with Gasteiger partial charge in [0.05, 0.1) is 0 Å². The van der Waals surface area contributed by atoms with E-state index in [4.69, 9.17) is 4.74 Å². The number of hydrogen-bond acceptors (Lipinski definition) is 3. The Kier molecular flexibility index (Phi) is 6.83. The van der Waals surface area contributed by atoms with Crippen molar-refractivity contribution in [1.29, 1.82) is 0 Å². The third-order valence-corrected chi connectivity index (χ3v) is 5.17. The van der Waals surface area contributed by atoms with Crippen LogP contribution in [0.15, 0.2) is 30.3 Å². The fourth-order valence-corrected chi connectivity index (χ4v) is 3.29. The summed E-state index contributed by atoms with van der Waals surface area (Å²) in [6, 6.07) is 9.99. The maximum Gasteiger partial charge on any atom is 0.306 e. The van der Waals surface area contributed by atoms with Crippen LogP contribution in [0.5, 0.6) is 0 Å². The maximum absolute atomic E-state index is 12.3. The number of carbonyl (C=O) groups is 2. The minimum Gasteiger partial charge on any atom is -0.453 e. The second-order valence-corrected chi connectivity index (χ2v) is 7.00. The fraction of sp³-hybridized carbons (Fsp3) is 0.600. The van der Waals surface area contributed by atoms with Crippen molar-refractivity contribution in [2.24, 2.45) is 11.8 Å². The number of ether oxygens (including phenoxy) is 1. The average Bonchev–Trinajstić information content (AvgIpc) is 2.58. The molecule has 0 bridgehead atoms. The summed E-state index contributed by atoms with van der Waals surface area (Å²) in [7, 11) is 0. The summed E-state index contributed by atoms with van der Waals surface area (Å²) in [6.45, 7) is 6.06. The molecule has 1 aliphatic rings. The van der Waals surface area contributed by atoms with Crippen molar-refractivity contribution in [3.8, 4) is 0 Å². The van der Waals surface area contributed by atoms with Gasteiger partial charge in [-0.25, -0.2) is 0 Å². The van der Waals surface area contributed by atoms with E-state index in [2.05, 4.69) is 19.2 Å². The van der Waals surface area contributed by atoms with Crippen molar-refractivity contribution in [3.05, 3.63) is 35.9 Å². The van der Waals surface area contributed by atoms with Crippen molar-refractivity contribution < 1.29 is 14.3 Å². The third kappa shape index (κ3) is 5.36. The lowest BCUT2D eigenvalue weighted by atomic mass is 9.78. The van der Waals surface area contributed by atoms with E-state index in [9.17, 15) is 9.59 Å². The largest absolute Gasteiger partial charge is 0.453 e. The molecule has 0 radical (unpaired) electrons. The van der Waals surface area contributed by atoms with Crippen LogP contribution in [0.2, 0.25) is 0 Å². The molecular formula is C20H29NO3. The molecule has 1 saturated carbocycles. The van der Waals surface area contributed by atoms with Crippen LogP contribution in [-0.4, -0.2) is 24.0 Å². The Hall–Kier alpha value is -1.84. The summed E-state index contributed by atoms with van der Waals surface area (Å²) in [5.41, 5.74) is 1.09. The van der Waals surface area contributed by atoms with Crippen LogP contribution < -0.4 is 5.32 Å². The summed E-state index contributed by atoms with van der Waals surface area (Å²) in [6.07, 6.45) is 3.55. The van der Waals surface area contributed by atoms with Crippen molar-refractivity contribution in [3.63, 3.8) is 0 Å². The molecule has 1 aromatic carbocycles. The molecule has 0 unspecified atom stereocenters. The minimum atomic E-state index is -0.738. The van der Waals surface area contributed by atoms with Crippen molar-refractivity contribution in [1.82, 2.24) is 5.32 Å². The van der Waals surface area contributed by atoms with Gasteiger partial charge in [-0.15, -0.1) is 0 Å². The zero-order chi connectivity index (χ0) is 17.5. The Morgan fingerprint density at radius 1 is 1.21 bits per heavy atom. The molecule has 1 fully saturated rings. The number of nitrogens with one attached hydrogen (secondary N) is 1. The van der Waals surface area contributed by atoms with Gasteiger partial charge < -0.3 is 10.1 Å². The highest BCUT2D eigenvalue weighted by molar-refractivity contribution is 5.83. The SMILES string of the molecule is C[C@@H]1[C@H](C)CCC[C@H]1NC(=O)[C@@H](C)OC(=O)CCc1ccccc1. The molecule has 0 aliphatic heterocycles. The van der Waals surface area contributed by atoms with E-state index in [0.29, 0.717) is 24.7 Å². The van der Waals surface area contributed by atoms with E-state index in [1.165, 1.54) is 6.42 Å². The zero-order valence-electron chi connectivity index (χ0n) is 15.0. The lowest BCUT2D eigenvalue weighted by Gasteiger charge is -2.35. The Morgan fingerprint density at radius 2 is 1.92 bits per heavy atom. The van der Waals surface area contributed by atoms with Gasteiger partial charge in [0.15, 0.2) is 6.10 Å². The van der Waals surface area contributed by atoms with E-state index in [-0.39, 0.29) is 17.9 Å². The molecule has 4 atom stereocenters. The molecule has 1 N–H and O–H groups in total. The van der Waals surface area contributed by atoms with Crippen LogP contribution in [0.3, 0.4) is 0 Å². The standard InChI is InChI=1S/C20H29NO3/c1-14-8-7-11-18(15(14)2)21-20(23)16(3)24-19(22)13-12-17-9-5-4-6-10-17/h4-6,9-10,14-16,18H,7-8,11-13H2,1-3H3,(H,21,23)/t14-,15-,16-,18-/m1/s1. The summed E-state index contributed by atoms with van der Waals surface area (Å²) >= 11 is 0. The van der Waals surface area contributed by atoms with Crippen molar-refractivity contribution in [2.45, 2.75) is 65.0 Å². The van der Waals surface area contributed by atoms with Crippen LogP contribution in [0.25, 0.3) is 0 Å². The highest BCUT2D eigenvalue weighted by atomic mass is 16.5. The Bertz CT molecular complexity index is 543. The highest BCUT2D eigenvalue weighted by Crippen LogP contribution is 2.29. The predicted molar refractivity (Wildman–Crippen MR) is 94.4 cm³/mol. The summed E-state index contributed by atoms with van der Waals surface area (Å²) in [4.78, 5) is 24.2. The number of esters is 1. The first kappa shape index (κ1) is 18.5. The van der Waals surface area contributed by atoms with Gasteiger partial charge in [0, 0.05) is 12.5 Å². The Labute approximate surface area is 145 Å². The zero-order valence-corrected chi connectivity index (χ0v) is 15.0. The van der Waals surface area contributed by atoms with E-state index >= 15 is 0 Å². The van der Waals surface area contributed by atoms with Gasteiger partial charge in [0.25, 0.3) is 5.91 Å².